The van der Waals surface area contributed by atoms with E-state index in [9.17, 15) is 0 Å². The van der Waals surface area contributed by atoms with Crippen LogP contribution in [0.25, 0.3) is 12.2 Å². The maximum atomic E-state index is 2.56. The molecular weight excluding hydrogens is 295 g/mol. The van der Waals surface area contributed by atoms with Crippen LogP contribution < -0.4 is 0 Å². The van der Waals surface area contributed by atoms with Gasteiger partial charge in [0.15, 0.2) is 0 Å². The van der Waals surface area contributed by atoms with E-state index in [4.69, 9.17) is 0 Å². The van der Waals surface area contributed by atoms with E-state index in [-0.39, 0.29) is 0 Å². The summed E-state index contributed by atoms with van der Waals surface area (Å²) in [5, 5.41) is 0. The molecule has 0 aliphatic heterocycles. The van der Waals surface area contributed by atoms with Gasteiger partial charge in [-0.05, 0) is 36.1 Å². The van der Waals surface area contributed by atoms with Gasteiger partial charge in [-0.1, -0.05) is 60.7 Å². The Morgan fingerprint density at radius 2 is 1.04 bits per heavy atom. The molecule has 0 amide bonds. The highest BCUT2D eigenvalue weighted by molar-refractivity contribution is 7.75. The van der Waals surface area contributed by atoms with Crippen LogP contribution in [0.3, 0.4) is 0 Å². The van der Waals surface area contributed by atoms with Gasteiger partial charge in [-0.3, -0.25) is 0 Å². The molecule has 0 saturated carbocycles. The van der Waals surface area contributed by atoms with E-state index in [1.54, 1.807) is 22.3 Å². The minimum absolute atomic E-state index is 0.596. The molecule has 116 valence electrons. The zero-order valence-electron chi connectivity index (χ0n) is 14.4. The molecule has 2 aromatic carbocycles. The zero-order chi connectivity index (χ0) is 16.2. The summed E-state index contributed by atoms with van der Waals surface area (Å²) >= 11 is 0. The van der Waals surface area contributed by atoms with Gasteiger partial charge in [-0.15, -0.1) is 0 Å². The van der Waals surface area contributed by atoms with Crippen LogP contribution in [0, 0.1) is 0 Å². The smallest absolute Gasteiger partial charge is 0.0618 e. The normalized spacial score (nSPS) is 22.4. The summed E-state index contributed by atoms with van der Waals surface area (Å²) in [6.45, 7) is 9.76. The summed E-state index contributed by atoms with van der Waals surface area (Å²) in [6.07, 6.45) is 4.81. The van der Waals surface area contributed by atoms with E-state index >= 15 is 0 Å². The fourth-order valence-corrected chi connectivity index (χ4v) is 9.29. The van der Waals surface area contributed by atoms with Crippen LogP contribution in [0.15, 0.2) is 59.7 Å². The minimum Gasteiger partial charge on any atom is -0.0618 e. The number of fused-ring (bicyclic) bond motifs is 2. The van der Waals surface area contributed by atoms with Crippen LogP contribution in [0.4, 0.5) is 0 Å². The molecule has 2 aliphatic rings. The Morgan fingerprint density at radius 3 is 1.48 bits per heavy atom. The maximum Gasteiger partial charge on any atom is 0.116 e. The van der Waals surface area contributed by atoms with Crippen molar-refractivity contribution in [1.29, 1.82) is 0 Å². The average molecular weight is 319 g/mol. The standard InChI is InChI=1S/C22H24P/c1-15-13-17-9-5-7-11-19(17)21(15)23(3,4)22-16(2)14-18-10-6-8-12-20(18)22/h5-14,21-22H,1-4H3/q+1. The summed E-state index contributed by atoms with van der Waals surface area (Å²) in [5.74, 6) is 0. The summed E-state index contributed by atoms with van der Waals surface area (Å²) in [7, 11) is -1.25. The molecule has 23 heavy (non-hydrogen) atoms. The quantitative estimate of drug-likeness (QED) is 0.548. The Balaban J connectivity index is 1.84. The number of hydrogen-bond acceptors (Lipinski definition) is 0. The highest BCUT2D eigenvalue weighted by atomic mass is 31.2. The summed E-state index contributed by atoms with van der Waals surface area (Å²) in [6, 6.07) is 17.9. The van der Waals surface area contributed by atoms with Crippen molar-refractivity contribution in [1.82, 2.24) is 0 Å². The third-order valence-corrected chi connectivity index (χ3v) is 9.57. The Bertz CT molecular complexity index is 769. The molecule has 2 atom stereocenters. The second kappa shape index (κ2) is 5.18. The van der Waals surface area contributed by atoms with Gasteiger partial charge in [0.05, 0.1) is 13.3 Å². The van der Waals surface area contributed by atoms with E-state index in [1.165, 1.54) is 11.1 Å². The highest BCUT2D eigenvalue weighted by Crippen LogP contribution is 2.79. The lowest BCUT2D eigenvalue weighted by Gasteiger charge is -2.34. The molecule has 2 aliphatic carbocycles. The Labute approximate surface area is 140 Å². The molecule has 0 nitrogen and oxygen atoms in total. The summed E-state index contributed by atoms with van der Waals surface area (Å²) in [4.78, 5) is 0. The molecule has 2 unspecified atom stereocenters. The molecule has 0 N–H and O–H groups in total. The van der Waals surface area contributed by atoms with Crippen LogP contribution in [0.1, 0.15) is 47.4 Å². The fraction of sp³-hybridized carbons (Fsp3) is 0.273. The second-order valence-corrected chi connectivity index (χ2v) is 11.8. The topological polar surface area (TPSA) is 0 Å². The highest BCUT2D eigenvalue weighted by Gasteiger charge is 2.50. The third kappa shape index (κ3) is 2.16. The molecule has 1 heteroatoms. The van der Waals surface area contributed by atoms with Gasteiger partial charge in [-0.2, -0.15) is 0 Å². The average Bonchev–Trinajstić information content (AvgIpc) is 3.02. The van der Waals surface area contributed by atoms with Crippen LogP contribution in [0.2, 0.25) is 0 Å². The SMILES string of the molecule is CC1=Cc2ccccc2C1[P+](C)(C)C1C(C)=Cc2ccccc21. The van der Waals surface area contributed by atoms with Crippen molar-refractivity contribution >= 4 is 19.4 Å². The third-order valence-electron chi connectivity index (χ3n) is 5.54. The number of hydrogen-bond donors (Lipinski definition) is 0. The summed E-state index contributed by atoms with van der Waals surface area (Å²) in [5.41, 5.74) is 10.2. The van der Waals surface area contributed by atoms with Gasteiger partial charge in [0.2, 0.25) is 0 Å². The van der Waals surface area contributed by atoms with Crippen LogP contribution >= 0.6 is 7.26 Å². The lowest BCUT2D eigenvalue weighted by Crippen LogP contribution is -2.12. The molecule has 0 aromatic heterocycles. The van der Waals surface area contributed by atoms with Crippen molar-refractivity contribution in [2.45, 2.75) is 25.2 Å². The Hall–Kier alpha value is -1.65. The Kier molecular flexibility index (Phi) is 3.36. The van der Waals surface area contributed by atoms with Gasteiger partial charge in [-0.25, -0.2) is 0 Å². The molecule has 0 radical (unpaired) electrons. The monoisotopic (exact) mass is 319 g/mol. The van der Waals surface area contributed by atoms with Gasteiger partial charge >= 0.3 is 0 Å². The predicted molar refractivity (Wildman–Crippen MR) is 104 cm³/mol. The molecule has 0 fully saturated rings. The maximum absolute atomic E-state index is 2.56. The van der Waals surface area contributed by atoms with Gasteiger partial charge in [0.1, 0.15) is 11.3 Å². The number of benzene rings is 2. The molecule has 0 bridgehead atoms. The van der Waals surface area contributed by atoms with Crippen LogP contribution in [0.5, 0.6) is 0 Å². The summed E-state index contributed by atoms with van der Waals surface area (Å²) < 4.78 is 0. The predicted octanol–water partition coefficient (Wildman–Crippen LogP) is 6.58. The number of rotatable bonds is 2. The van der Waals surface area contributed by atoms with E-state index in [2.05, 4.69) is 87.9 Å². The van der Waals surface area contributed by atoms with Crippen LogP contribution in [-0.4, -0.2) is 13.3 Å². The zero-order valence-corrected chi connectivity index (χ0v) is 15.3. The second-order valence-electron chi connectivity index (χ2n) is 7.47. The minimum atomic E-state index is -1.25. The van der Waals surface area contributed by atoms with E-state index < -0.39 is 7.26 Å². The van der Waals surface area contributed by atoms with Crippen molar-refractivity contribution < 1.29 is 0 Å². The first-order valence-electron chi connectivity index (χ1n) is 8.37. The fourth-order valence-electron chi connectivity index (χ4n) is 4.84. The van der Waals surface area contributed by atoms with Crippen LogP contribution in [-0.2, 0) is 0 Å². The van der Waals surface area contributed by atoms with E-state index in [0.717, 1.165) is 0 Å². The van der Waals surface area contributed by atoms with Gasteiger partial charge in [0.25, 0.3) is 0 Å². The first-order chi connectivity index (χ1) is 11.0. The van der Waals surface area contributed by atoms with Crippen molar-refractivity contribution in [3.05, 3.63) is 81.9 Å². The molecule has 4 rings (SSSR count). The first-order valence-corrected chi connectivity index (χ1v) is 11.2. The Morgan fingerprint density at radius 1 is 0.652 bits per heavy atom. The molecule has 0 saturated heterocycles. The van der Waals surface area contributed by atoms with Crippen molar-refractivity contribution in [3.63, 3.8) is 0 Å². The van der Waals surface area contributed by atoms with Gasteiger partial charge in [0, 0.05) is 18.4 Å². The lowest BCUT2D eigenvalue weighted by molar-refractivity contribution is 1.04. The number of allylic oxidation sites excluding steroid dienone is 2. The largest absolute Gasteiger partial charge is 0.116 e. The van der Waals surface area contributed by atoms with Gasteiger partial charge < -0.3 is 0 Å². The molecule has 0 spiro atoms. The lowest BCUT2D eigenvalue weighted by atomic mass is 10.1. The molecular formula is C22H24P+. The molecule has 0 heterocycles. The van der Waals surface area contributed by atoms with Crippen molar-refractivity contribution in [2.75, 3.05) is 13.3 Å². The first kappa shape index (κ1) is 14.9. The van der Waals surface area contributed by atoms with E-state index in [1.807, 2.05) is 0 Å². The van der Waals surface area contributed by atoms with Crippen molar-refractivity contribution in [2.24, 2.45) is 0 Å². The van der Waals surface area contributed by atoms with E-state index in [0.29, 0.717) is 11.3 Å². The van der Waals surface area contributed by atoms with Crippen molar-refractivity contribution in [3.8, 4) is 0 Å². The molecule has 2 aromatic rings.